The smallest absolute Gasteiger partial charge is 0.316 e. The number of nitrogens with one attached hydrogen (secondary N) is 1. The minimum atomic E-state index is -0.731. The SMILES string of the molecule is CCn1c(=O)c(=O)[nH]c2cc(C(=O)N(C)CCOc3ccccc3F)ccc21. The lowest BCUT2D eigenvalue weighted by Crippen LogP contribution is -2.36. The number of aromatic amines is 1. The van der Waals surface area contributed by atoms with Crippen molar-refractivity contribution in [2.75, 3.05) is 20.2 Å². The molecule has 0 fully saturated rings. The Bertz CT molecular complexity index is 1140. The summed E-state index contributed by atoms with van der Waals surface area (Å²) in [6, 6.07) is 10.8. The summed E-state index contributed by atoms with van der Waals surface area (Å²) in [5.41, 5.74) is -0.0394. The standard InChI is InChI=1S/C20H20FN3O4/c1-3-24-16-9-8-13(12-15(16)22-18(25)20(24)27)19(26)23(2)10-11-28-17-7-5-4-6-14(17)21/h4-9,12H,3,10-11H2,1-2H3,(H,22,25). The number of hydrogen-bond donors (Lipinski definition) is 1. The average molecular weight is 385 g/mol. The summed E-state index contributed by atoms with van der Waals surface area (Å²) in [6.45, 7) is 2.49. The van der Waals surface area contributed by atoms with Crippen molar-refractivity contribution >= 4 is 16.9 Å². The number of aryl methyl sites for hydroxylation is 1. The Morgan fingerprint density at radius 2 is 1.96 bits per heavy atom. The maximum Gasteiger partial charge on any atom is 0.316 e. The van der Waals surface area contributed by atoms with E-state index in [0.29, 0.717) is 23.1 Å². The molecule has 2 aromatic carbocycles. The van der Waals surface area contributed by atoms with Gasteiger partial charge in [-0.25, -0.2) is 4.39 Å². The zero-order valence-electron chi connectivity index (χ0n) is 15.6. The van der Waals surface area contributed by atoms with Gasteiger partial charge in [0.25, 0.3) is 5.91 Å². The fraction of sp³-hybridized carbons (Fsp3) is 0.250. The number of carbonyl (C=O) groups excluding carboxylic acids is 1. The van der Waals surface area contributed by atoms with Crippen LogP contribution < -0.4 is 15.9 Å². The van der Waals surface area contributed by atoms with Crippen LogP contribution in [0.1, 0.15) is 17.3 Å². The Morgan fingerprint density at radius 3 is 2.68 bits per heavy atom. The summed E-state index contributed by atoms with van der Waals surface area (Å²) >= 11 is 0. The van der Waals surface area contributed by atoms with Crippen LogP contribution in [0.4, 0.5) is 4.39 Å². The van der Waals surface area contributed by atoms with Crippen LogP contribution in [-0.4, -0.2) is 40.6 Å². The molecule has 0 atom stereocenters. The average Bonchev–Trinajstić information content (AvgIpc) is 2.69. The van der Waals surface area contributed by atoms with Gasteiger partial charge in [0.1, 0.15) is 6.61 Å². The predicted octanol–water partition coefficient (Wildman–Crippen LogP) is 2.00. The minimum Gasteiger partial charge on any atom is -0.489 e. The van der Waals surface area contributed by atoms with Crippen LogP contribution in [-0.2, 0) is 6.54 Å². The fourth-order valence-electron chi connectivity index (χ4n) is 2.90. The third-order valence-corrected chi connectivity index (χ3v) is 4.41. The van der Waals surface area contributed by atoms with Gasteiger partial charge in [0.2, 0.25) is 0 Å². The van der Waals surface area contributed by atoms with Gasteiger partial charge in [-0.3, -0.25) is 14.4 Å². The van der Waals surface area contributed by atoms with Gasteiger partial charge in [-0.2, -0.15) is 0 Å². The molecule has 0 bridgehead atoms. The first-order valence-corrected chi connectivity index (χ1v) is 8.82. The van der Waals surface area contributed by atoms with Gasteiger partial charge in [0.15, 0.2) is 11.6 Å². The van der Waals surface area contributed by atoms with E-state index in [-0.39, 0.29) is 24.8 Å². The monoisotopic (exact) mass is 385 g/mol. The van der Waals surface area contributed by atoms with Gasteiger partial charge in [-0.15, -0.1) is 0 Å². The lowest BCUT2D eigenvalue weighted by molar-refractivity contribution is 0.0773. The molecule has 1 amide bonds. The van der Waals surface area contributed by atoms with E-state index in [9.17, 15) is 18.8 Å². The number of rotatable bonds is 6. The van der Waals surface area contributed by atoms with E-state index >= 15 is 0 Å². The number of likely N-dealkylation sites (N-methyl/N-ethyl adjacent to an activating group) is 1. The second-order valence-corrected chi connectivity index (χ2v) is 6.24. The highest BCUT2D eigenvalue weighted by molar-refractivity contribution is 5.97. The van der Waals surface area contributed by atoms with Crippen LogP contribution in [0.5, 0.6) is 5.75 Å². The number of halogens is 1. The summed E-state index contributed by atoms with van der Waals surface area (Å²) in [7, 11) is 1.60. The van der Waals surface area contributed by atoms with Crippen LogP contribution in [0, 0.1) is 5.82 Å². The van der Waals surface area contributed by atoms with Gasteiger partial charge in [-0.1, -0.05) is 12.1 Å². The van der Waals surface area contributed by atoms with Crippen LogP contribution in [0.25, 0.3) is 11.0 Å². The number of para-hydroxylation sites is 1. The summed E-state index contributed by atoms with van der Waals surface area (Å²) in [4.78, 5) is 40.3. The van der Waals surface area contributed by atoms with Gasteiger partial charge in [-0.05, 0) is 37.3 Å². The third kappa shape index (κ3) is 3.80. The van der Waals surface area contributed by atoms with E-state index in [2.05, 4.69) is 4.98 Å². The van der Waals surface area contributed by atoms with E-state index in [4.69, 9.17) is 4.74 Å². The predicted molar refractivity (Wildman–Crippen MR) is 103 cm³/mol. The second kappa shape index (κ2) is 8.08. The molecule has 7 nitrogen and oxygen atoms in total. The Hall–Kier alpha value is -3.42. The lowest BCUT2D eigenvalue weighted by Gasteiger charge is -2.18. The molecule has 0 unspecified atom stereocenters. The first-order valence-electron chi connectivity index (χ1n) is 8.82. The maximum absolute atomic E-state index is 13.5. The number of ether oxygens (including phenoxy) is 1. The van der Waals surface area contributed by atoms with E-state index in [1.165, 1.54) is 21.6 Å². The third-order valence-electron chi connectivity index (χ3n) is 4.41. The molecule has 3 rings (SSSR count). The zero-order valence-corrected chi connectivity index (χ0v) is 15.6. The van der Waals surface area contributed by atoms with Crippen LogP contribution >= 0.6 is 0 Å². The number of hydrogen-bond acceptors (Lipinski definition) is 4. The maximum atomic E-state index is 13.5. The van der Waals surface area contributed by atoms with Gasteiger partial charge >= 0.3 is 11.1 Å². The molecule has 0 radical (unpaired) electrons. The zero-order chi connectivity index (χ0) is 20.3. The quantitative estimate of drug-likeness (QED) is 0.658. The van der Waals surface area contributed by atoms with E-state index < -0.39 is 16.9 Å². The highest BCUT2D eigenvalue weighted by Gasteiger charge is 2.14. The molecule has 146 valence electrons. The molecule has 0 saturated carbocycles. The van der Waals surface area contributed by atoms with Crippen molar-refractivity contribution in [3.8, 4) is 5.75 Å². The Balaban J connectivity index is 1.75. The molecule has 28 heavy (non-hydrogen) atoms. The molecule has 0 aliphatic heterocycles. The van der Waals surface area contributed by atoms with Crippen molar-refractivity contribution in [3.63, 3.8) is 0 Å². The first-order chi connectivity index (χ1) is 13.4. The molecule has 0 saturated heterocycles. The summed E-state index contributed by atoms with van der Waals surface area (Å²) in [5, 5.41) is 0. The molecule has 0 aliphatic rings. The molecule has 3 aromatic rings. The molecule has 0 spiro atoms. The Labute approximate surface area is 160 Å². The number of H-pyrrole nitrogens is 1. The largest absolute Gasteiger partial charge is 0.489 e. The van der Waals surface area contributed by atoms with E-state index in [1.54, 1.807) is 44.3 Å². The van der Waals surface area contributed by atoms with Gasteiger partial charge < -0.3 is 19.2 Å². The molecular formula is C20H20FN3O4. The molecule has 1 aromatic heterocycles. The Morgan fingerprint density at radius 1 is 1.21 bits per heavy atom. The highest BCUT2D eigenvalue weighted by atomic mass is 19.1. The highest BCUT2D eigenvalue weighted by Crippen LogP contribution is 2.16. The molecule has 0 aliphatic carbocycles. The minimum absolute atomic E-state index is 0.128. The number of carbonyl (C=O) groups is 1. The van der Waals surface area contributed by atoms with Crippen molar-refractivity contribution in [1.82, 2.24) is 14.5 Å². The fourth-order valence-corrected chi connectivity index (χ4v) is 2.90. The normalized spacial score (nSPS) is 10.8. The number of fused-ring (bicyclic) bond motifs is 1. The molecular weight excluding hydrogens is 365 g/mol. The Kier molecular flexibility index (Phi) is 5.58. The van der Waals surface area contributed by atoms with E-state index in [1.807, 2.05) is 0 Å². The van der Waals surface area contributed by atoms with Crippen LogP contribution in [0.2, 0.25) is 0 Å². The van der Waals surface area contributed by atoms with Gasteiger partial charge in [0.05, 0.1) is 17.6 Å². The number of amides is 1. The number of benzene rings is 2. The molecule has 1 heterocycles. The van der Waals surface area contributed by atoms with Crippen molar-refractivity contribution in [2.24, 2.45) is 0 Å². The van der Waals surface area contributed by atoms with E-state index in [0.717, 1.165) is 0 Å². The van der Waals surface area contributed by atoms with Crippen molar-refractivity contribution in [3.05, 3.63) is 74.6 Å². The molecule has 1 N–H and O–H groups in total. The van der Waals surface area contributed by atoms with Crippen molar-refractivity contribution in [2.45, 2.75) is 13.5 Å². The lowest BCUT2D eigenvalue weighted by atomic mass is 10.1. The van der Waals surface area contributed by atoms with Crippen LogP contribution in [0.3, 0.4) is 0 Å². The van der Waals surface area contributed by atoms with Crippen LogP contribution in [0.15, 0.2) is 52.1 Å². The summed E-state index contributed by atoms with van der Waals surface area (Å²) < 4.78 is 20.3. The number of nitrogens with zero attached hydrogens (tertiary/aromatic N) is 2. The first kappa shape index (κ1) is 19.3. The number of aromatic nitrogens is 2. The van der Waals surface area contributed by atoms with Crippen molar-refractivity contribution < 1.29 is 13.9 Å². The van der Waals surface area contributed by atoms with Crippen molar-refractivity contribution in [1.29, 1.82) is 0 Å². The summed E-state index contributed by atoms with van der Waals surface area (Å²) in [6.07, 6.45) is 0. The second-order valence-electron chi connectivity index (χ2n) is 6.24. The molecule has 8 heteroatoms. The van der Waals surface area contributed by atoms with Gasteiger partial charge in [0, 0.05) is 19.2 Å². The summed E-state index contributed by atoms with van der Waals surface area (Å²) in [5.74, 6) is -0.616. The topological polar surface area (TPSA) is 84.4 Å².